The topological polar surface area (TPSA) is 35.8 Å². The van der Waals surface area contributed by atoms with Gasteiger partial charge in [0.2, 0.25) is 0 Å². The second kappa shape index (κ2) is 9.06. The van der Waals surface area contributed by atoms with Crippen molar-refractivity contribution in [3.05, 3.63) is 93.0 Å². The van der Waals surface area contributed by atoms with Crippen LogP contribution in [-0.4, -0.2) is 22.9 Å². The molecule has 176 valence electrons. The lowest BCUT2D eigenvalue weighted by Crippen LogP contribution is -2.48. The van der Waals surface area contributed by atoms with Crippen molar-refractivity contribution in [3.8, 4) is 5.75 Å². The molecule has 3 aromatic carbocycles. The number of anilines is 1. The van der Waals surface area contributed by atoms with E-state index in [-0.39, 0.29) is 23.4 Å². The first-order valence-corrected chi connectivity index (χ1v) is 12.7. The Morgan fingerprint density at radius 1 is 1.12 bits per heavy atom. The van der Waals surface area contributed by atoms with Gasteiger partial charge in [0.25, 0.3) is 0 Å². The molecule has 0 radical (unpaired) electrons. The number of hydrogen-bond donors (Lipinski definition) is 1. The summed E-state index contributed by atoms with van der Waals surface area (Å²) < 4.78 is 28.6. The third kappa shape index (κ3) is 4.06. The van der Waals surface area contributed by atoms with Crippen molar-refractivity contribution in [1.82, 2.24) is 0 Å². The zero-order chi connectivity index (χ0) is 24.0. The van der Waals surface area contributed by atoms with E-state index in [0.29, 0.717) is 34.3 Å². The van der Waals surface area contributed by atoms with Crippen LogP contribution in [0, 0.1) is 11.6 Å². The van der Waals surface area contributed by atoms with E-state index in [1.807, 2.05) is 6.07 Å². The summed E-state index contributed by atoms with van der Waals surface area (Å²) >= 11 is 13.7. The summed E-state index contributed by atoms with van der Waals surface area (Å²) in [7, 11) is 0. The number of benzene rings is 3. The smallest absolute Gasteiger partial charge is 0.164 e. The Kier molecular flexibility index (Phi) is 6.25. The molecular weight excluding hydrogens is 497 g/mol. The molecule has 0 bridgehead atoms. The van der Waals surface area contributed by atoms with Crippen LogP contribution in [0.5, 0.6) is 5.75 Å². The molecule has 2 atom stereocenters. The SMILES string of the molecule is CC1(c2ccc(Cl)c(O)c2)CCc2cc(F)ccc2N2C(SCc3c(F)cccc3Cl)=NCC21. The van der Waals surface area contributed by atoms with Crippen LogP contribution in [0.4, 0.5) is 14.5 Å². The molecule has 2 aliphatic heterocycles. The standard InChI is InChI=1S/C26H22Cl2F2N2OS/c1-26(16-5-7-20(28)23(33)12-16)10-9-15-11-17(29)6-8-22(15)32-24(26)13-31-25(32)34-14-18-19(27)3-2-4-21(18)30/h2-8,11-12,24,33H,9-10,13-14H2,1H3. The normalized spacial score (nSPS) is 21.6. The molecule has 0 aromatic heterocycles. The Morgan fingerprint density at radius 3 is 2.71 bits per heavy atom. The van der Waals surface area contributed by atoms with Gasteiger partial charge in [0.05, 0.1) is 17.6 Å². The fourth-order valence-corrected chi connectivity index (χ4v) is 6.41. The molecule has 5 rings (SSSR count). The van der Waals surface area contributed by atoms with Gasteiger partial charge in [-0.3, -0.25) is 4.99 Å². The number of aromatic hydroxyl groups is 1. The molecule has 3 aromatic rings. The Bertz CT molecular complexity index is 1280. The summed E-state index contributed by atoms with van der Waals surface area (Å²) in [6.07, 6.45) is 1.40. The van der Waals surface area contributed by atoms with Crippen LogP contribution in [0.25, 0.3) is 0 Å². The van der Waals surface area contributed by atoms with Crippen molar-refractivity contribution in [2.24, 2.45) is 4.99 Å². The predicted molar refractivity (Wildman–Crippen MR) is 136 cm³/mol. The Balaban J connectivity index is 1.54. The predicted octanol–water partition coefficient (Wildman–Crippen LogP) is 7.36. The van der Waals surface area contributed by atoms with Crippen LogP contribution < -0.4 is 4.90 Å². The first kappa shape index (κ1) is 23.5. The molecule has 2 unspecified atom stereocenters. The highest BCUT2D eigenvalue weighted by molar-refractivity contribution is 8.13. The number of halogens is 4. The number of aryl methyl sites for hydroxylation is 1. The molecule has 2 heterocycles. The van der Waals surface area contributed by atoms with Gasteiger partial charge in [0.1, 0.15) is 17.4 Å². The molecule has 0 saturated heterocycles. The van der Waals surface area contributed by atoms with E-state index in [4.69, 9.17) is 28.2 Å². The minimum absolute atomic E-state index is 0.0301. The number of phenolic OH excluding ortho intramolecular Hbond substituents is 1. The molecule has 8 heteroatoms. The average molecular weight is 519 g/mol. The van der Waals surface area contributed by atoms with Gasteiger partial charge in [-0.2, -0.15) is 0 Å². The fourth-order valence-electron chi connectivity index (χ4n) is 4.89. The summed E-state index contributed by atoms with van der Waals surface area (Å²) in [5.41, 5.74) is 2.76. The highest BCUT2D eigenvalue weighted by Gasteiger charge is 2.46. The average Bonchev–Trinajstić information content (AvgIpc) is 3.18. The van der Waals surface area contributed by atoms with Crippen molar-refractivity contribution in [1.29, 1.82) is 0 Å². The van der Waals surface area contributed by atoms with E-state index in [9.17, 15) is 13.9 Å². The van der Waals surface area contributed by atoms with E-state index in [1.54, 1.807) is 36.4 Å². The van der Waals surface area contributed by atoms with Crippen LogP contribution >= 0.6 is 35.0 Å². The largest absolute Gasteiger partial charge is 0.506 e. The summed E-state index contributed by atoms with van der Waals surface area (Å²) in [5, 5.41) is 11.7. The number of aliphatic imine (C=N–C) groups is 1. The molecule has 0 aliphatic carbocycles. The highest BCUT2D eigenvalue weighted by atomic mass is 35.5. The first-order chi connectivity index (χ1) is 16.3. The molecular formula is C26H22Cl2F2N2OS. The number of amidine groups is 1. The van der Waals surface area contributed by atoms with Crippen molar-refractivity contribution < 1.29 is 13.9 Å². The number of rotatable bonds is 3. The van der Waals surface area contributed by atoms with E-state index >= 15 is 0 Å². The number of thioether (sulfide) groups is 1. The second-order valence-electron chi connectivity index (χ2n) is 8.85. The van der Waals surface area contributed by atoms with Gasteiger partial charge in [0.15, 0.2) is 5.17 Å². The molecule has 2 aliphatic rings. The maximum atomic E-state index is 14.4. The van der Waals surface area contributed by atoms with Gasteiger partial charge in [-0.05, 0) is 66.4 Å². The minimum atomic E-state index is -0.404. The van der Waals surface area contributed by atoms with Gasteiger partial charge >= 0.3 is 0 Å². The number of hydrogen-bond acceptors (Lipinski definition) is 4. The number of nitrogens with zero attached hydrogens (tertiary/aromatic N) is 2. The van der Waals surface area contributed by atoms with Crippen molar-refractivity contribution in [2.75, 3.05) is 11.4 Å². The number of phenols is 1. The Hall–Kier alpha value is -2.28. The summed E-state index contributed by atoms with van der Waals surface area (Å²) in [4.78, 5) is 6.98. The second-order valence-corrected chi connectivity index (χ2v) is 10.6. The summed E-state index contributed by atoms with van der Waals surface area (Å²) in [5.74, 6) is -0.286. The van der Waals surface area contributed by atoms with E-state index in [1.165, 1.54) is 23.9 Å². The molecule has 0 fully saturated rings. The van der Waals surface area contributed by atoms with Crippen LogP contribution in [-0.2, 0) is 17.6 Å². The van der Waals surface area contributed by atoms with E-state index in [0.717, 1.165) is 28.4 Å². The van der Waals surface area contributed by atoms with Gasteiger partial charge in [-0.1, -0.05) is 54.0 Å². The van der Waals surface area contributed by atoms with Crippen LogP contribution in [0.1, 0.15) is 30.0 Å². The maximum absolute atomic E-state index is 14.4. The maximum Gasteiger partial charge on any atom is 0.164 e. The first-order valence-electron chi connectivity index (χ1n) is 10.9. The van der Waals surface area contributed by atoms with Crippen molar-refractivity contribution in [3.63, 3.8) is 0 Å². The van der Waals surface area contributed by atoms with Gasteiger partial charge < -0.3 is 10.0 Å². The Morgan fingerprint density at radius 2 is 1.94 bits per heavy atom. The van der Waals surface area contributed by atoms with Gasteiger partial charge in [-0.15, -0.1) is 0 Å². The monoisotopic (exact) mass is 518 g/mol. The lowest BCUT2D eigenvalue weighted by Gasteiger charge is -2.40. The Labute approximate surface area is 211 Å². The van der Waals surface area contributed by atoms with Gasteiger partial charge in [0, 0.05) is 27.4 Å². The summed E-state index contributed by atoms with van der Waals surface area (Å²) in [6.45, 7) is 2.66. The molecule has 1 N–H and O–H groups in total. The molecule has 34 heavy (non-hydrogen) atoms. The van der Waals surface area contributed by atoms with E-state index in [2.05, 4.69) is 11.8 Å². The molecule has 0 spiro atoms. The zero-order valence-electron chi connectivity index (χ0n) is 18.4. The lowest BCUT2D eigenvalue weighted by atomic mass is 9.72. The van der Waals surface area contributed by atoms with Crippen LogP contribution in [0.2, 0.25) is 10.0 Å². The van der Waals surface area contributed by atoms with Crippen molar-refractivity contribution in [2.45, 2.75) is 37.0 Å². The minimum Gasteiger partial charge on any atom is -0.506 e. The molecule has 0 saturated carbocycles. The third-order valence-corrected chi connectivity index (χ3v) is 8.57. The lowest BCUT2D eigenvalue weighted by molar-refractivity contribution is 0.368. The van der Waals surface area contributed by atoms with Crippen LogP contribution in [0.15, 0.2) is 59.6 Å². The van der Waals surface area contributed by atoms with E-state index < -0.39 is 5.41 Å². The molecule has 3 nitrogen and oxygen atoms in total. The number of fused-ring (bicyclic) bond motifs is 3. The van der Waals surface area contributed by atoms with Crippen LogP contribution in [0.3, 0.4) is 0 Å². The van der Waals surface area contributed by atoms with Gasteiger partial charge in [-0.25, -0.2) is 8.78 Å². The summed E-state index contributed by atoms with van der Waals surface area (Å²) in [6, 6.07) is 14.8. The highest BCUT2D eigenvalue weighted by Crippen LogP contribution is 2.47. The zero-order valence-corrected chi connectivity index (χ0v) is 20.7. The fraction of sp³-hybridized carbons (Fsp3) is 0.269. The van der Waals surface area contributed by atoms with Crippen molar-refractivity contribution >= 4 is 45.8 Å². The third-order valence-electron chi connectivity index (χ3n) is 6.88. The quantitative estimate of drug-likeness (QED) is 0.393. The molecule has 0 amide bonds.